The van der Waals surface area contributed by atoms with Gasteiger partial charge >= 0.3 is 60.7 Å². The molecule has 0 aliphatic carbocycles. The molecule has 15 fully saturated rings. The largest absolute Gasteiger partial charge is 0.383 e. The Hall–Kier alpha value is -6.85. The molecule has 15 saturated heterocycles. The molecular formula is C57H69FN15O32P5. The lowest BCUT2D eigenvalue weighted by molar-refractivity contribution is -0.189. The van der Waals surface area contributed by atoms with Crippen LogP contribution in [0.5, 0.6) is 0 Å². The smallest absolute Gasteiger partial charge is 0.351 e. The number of nitrogen functional groups attached to an aromatic ring is 3. The van der Waals surface area contributed by atoms with Crippen LogP contribution in [0.25, 0.3) is 11.2 Å². The van der Waals surface area contributed by atoms with Gasteiger partial charge in [0.25, 0.3) is 16.7 Å². The van der Waals surface area contributed by atoms with Gasteiger partial charge in [-0.05, 0) is 13.0 Å². The minimum absolute atomic E-state index is 0.0149. The minimum atomic E-state index is -3.22. The number of halogens is 1. The number of rotatable bonds is 5. The molecule has 47 nitrogen and oxygen atoms in total. The summed E-state index contributed by atoms with van der Waals surface area (Å²) >= 11 is 0. The summed E-state index contributed by atoms with van der Waals surface area (Å²) in [6.07, 6.45) is -2.98. The van der Waals surface area contributed by atoms with Crippen molar-refractivity contribution >= 4 is 66.7 Å². The Morgan fingerprint density at radius 1 is 0.445 bits per heavy atom. The number of aromatic amines is 3. The molecule has 0 saturated carbocycles. The van der Waals surface area contributed by atoms with E-state index in [9.17, 15) is 60.8 Å². The van der Waals surface area contributed by atoms with Crippen molar-refractivity contribution in [3.05, 3.63) is 128 Å². The third-order valence-corrected chi connectivity index (χ3v) is 26.8. The van der Waals surface area contributed by atoms with E-state index in [4.69, 9.17) is 110 Å². The van der Waals surface area contributed by atoms with E-state index in [-0.39, 0.29) is 77.0 Å². The maximum atomic E-state index is 13.4. The van der Waals surface area contributed by atoms with Gasteiger partial charge in [0.15, 0.2) is 42.6 Å². The molecule has 10 bridgehead atoms. The second kappa shape index (κ2) is 26.4. The molecule has 25 atom stereocenters. The molecule has 110 heavy (non-hydrogen) atoms. The Balaban J connectivity index is 0.000000100. The zero-order valence-corrected chi connectivity index (χ0v) is 62.7. The molecule has 9 N–H and O–H groups in total. The molecule has 15 aliphatic rings. The summed E-state index contributed by atoms with van der Waals surface area (Å²) in [7, 11) is -15.7. The number of nitrogens with zero attached hydrogens (tertiary/aromatic N) is 9. The second-order valence-corrected chi connectivity index (χ2v) is 38.6. The topological polar surface area (TPSA) is 591 Å². The first kappa shape index (κ1) is 75.8. The zero-order chi connectivity index (χ0) is 77.7. The Morgan fingerprint density at radius 3 is 1.20 bits per heavy atom. The first-order valence-electron chi connectivity index (χ1n) is 33.6. The zero-order valence-electron chi connectivity index (χ0n) is 58.2. The van der Waals surface area contributed by atoms with Crippen molar-refractivity contribution in [3.63, 3.8) is 0 Å². The highest BCUT2D eigenvalue weighted by atomic mass is 31.2. The van der Waals surface area contributed by atoms with Gasteiger partial charge in [0.05, 0.1) is 78.6 Å². The summed E-state index contributed by atoms with van der Waals surface area (Å²) < 4.78 is 192. The number of aromatic nitrogens is 12. The van der Waals surface area contributed by atoms with E-state index in [1.807, 2.05) is 4.98 Å². The molecule has 0 aromatic carbocycles. The predicted molar refractivity (Wildman–Crippen MR) is 360 cm³/mol. The summed E-state index contributed by atoms with van der Waals surface area (Å²) in [6.45, 7) is 10.2. The number of imidazole rings is 1. The highest BCUT2D eigenvalue weighted by Crippen LogP contribution is 2.65. The lowest BCUT2D eigenvalue weighted by Crippen LogP contribution is -2.48. The fourth-order valence-corrected chi connectivity index (χ4v) is 21.7. The highest BCUT2D eigenvalue weighted by Gasteiger charge is 2.72. The van der Waals surface area contributed by atoms with Crippen LogP contribution in [-0.2, 0) is 115 Å². The maximum absolute atomic E-state index is 13.4. The summed E-state index contributed by atoms with van der Waals surface area (Å²) in [5.74, 6) is -0.758. The van der Waals surface area contributed by atoms with Gasteiger partial charge in [0, 0.05) is 63.5 Å². The van der Waals surface area contributed by atoms with Crippen LogP contribution in [0.3, 0.4) is 0 Å². The van der Waals surface area contributed by atoms with Crippen LogP contribution >= 0.6 is 38.0 Å². The molecule has 15 aliphatic heterocycles. The van der Waals surface area contributed by atoms with Crippen LogP contribution < -0.4 is 56.6 Å². The normalized spacial score (nSPS) is 43.3. The van der Waals surface area contributed by atoms with Crippen molar-refractivity contribution in [2.45, 2.75) is 127 Å². The number of hydrogen-bond donors (Lipinski definition) is 6. The number of nitrogens with one attached hydrogen (secondary N) is 3. The molecule has 6 aromatic heterocycles. The molecule has 21 rings (SSSR count). The van der Waals surface area contributed by atoms with Crippen LogP contribution in [0.15, 0.2) is 76.8 Å². The summed E-state index contributed by atoms with van der Waals surface area (Å²) in [5.41, 5.74) is 9.27. The molecule has 0 radical (unpaired) electrons. The second-order valence-electron chi connectivity index (χ2n) is 28.6. The predicted octanol–water partition coefficient (Wildman–Crippen LogP) is -1.60. The maximum Gasteiger partial charge on any atom is 0.351 e. The van der Waals surface area contributed by atoms with E-state index in [0.717, 1.165) is 10.8 Å². The molecule has 0 amide bonds. The van der Waals surface area contributed by atoms with Gasteiger partial charge in [-0.25, -0.2) is 24.2 Å². The van der Waals surface area contributed by atoms with Crippen molar-refractivity contribution in [1.82, 2.24) is 57.7 Å². The minimum Gasteiger partial charge on any atom is -0.383 e. The summed E-state index contributed by atoms with van der Waals surface area (Å²) in [5, 5.41) is 0. The Bertz CT molecular complexity index is 5380. The fraction of sp³-hybridized carbons (Fsp3) is 0.632. The Kier molecular flexibility index (Phi) is 18.2. The van der Waals surface area contributed by atoms with Gasteiger partial charge in [0.1, 0.15) is 100 Å². The number of hydrogen-bond acceptors (Lipinski definition) is 39. The van der Waals surface area contributed by atoms with Gasteiger partial charge in [-0.2, -0.15) is 19.3 Å². The number of fused-ring (bicyclic) bond motifs is 1. The third kappa shape index (κ3) is 12.8. The van der Waals surface area contributed by atoms with Crippen LogP contribution in [-0.4, -0.2) is 246 Å². The Labute approximate surface area is 613 Å². The molecule has 6 aromatic rings. The number of ether oxygens (including phenoxy) is 10. The van der Waals surface area contributed by atoms with Gasteiger partial charge in [-0.3, -0.25) is 97.6 Å². The molecule has 53 heteroatoms. The van der Waals surface area contributed by atoms with Crippen LogP contribution in [0, 0.1) is 12.7 Å². The van der Waals surface area contributed by atoms with E-state index in [2.05, 4.69) is 29.9 Å². The van der Waals surface area contributed by atoms with Crippen molar-refractivity contribution in [2.75, 3.05) is 117 Å². The number of anilines is 3. The van der Waals surface area contributed by atoms with Crippen LogP contribution in [0.1, 0.15) is 36.7 Å². The van der Waals surface area contributed by atoms with Gasteiger partial charge in [0.2, 0.25) is 11.8 Å². The first-order valence-corrected chi connectivity index (χ1v) is 43.5. The van der Waals surface area contributed by atoms with Crippen molar-refractivity contribution < 1.29 is 120 Å². The van der Waals surface area contributed by atoms with Crippen molar-refractivity contribution in [2.24, 2.45) is 0 Å². The fourth-order valence-electron chi connectivity index (χ4n) is 15.5. The lowest BCUT2D eigenvalue weighted by atomic mass is 10.0. The monoisotopic (exact) mass is 1650 g/mol. The van der Waals surface area contributed by atoms with Crippen molar-refractivity contribution in [1.29, 1.82) is 0 Å². The standard InChI is InChI=1S/C12H15N6O5P.C12H15N2O7P.C11H12FN2O7P.C11H14N3O6P.C11H13N2O7P/c1-24(19)21-3-12-2-20-6(7(12)23-24)10(22-12)18-4-15-5-8(13)16-11(14)17-9(5)18;1-6-3-14(11(16)13-9(6)15)10-7-8-12(20-10,4-18-7)5-19-22(2,17)21-8;1-22(17)19-4-11-3-18-6(7(11)21-22)9(20-11)14-2-5(12)8(15)13-10(14)16;1-21(16)18-5-11-4-17-7(8(11)20-21)9(19-11)14-3-2-6(12)13-10(14)15;1-21(16)18-5-11-4-17-7(8(11)20-21)9(19-11)13-3-2-6(14)12-10(13)15/h4,6-7,10H,2-3H2,1H3,(H4,13,14,16,17);3,7-8,10H,4-5H2,1-2H3,(H,13,15,16);2,6-7,9H,3-4H2,1H3,(H,13,15,16);2-3,7-9H,4-5H2,1H3,(H2,12,13,15);2-3,7-9H,4-5H2,1H3,(H,12,14,15)/t6-,7+,10-,12-,24?;7-,8+,10-,12-,22?;6-,7+,9-,11-,22?;2*7-,8+,9-,11-,21?/m11111/s1. The number of aryl methyl sites for hydroxylation is 1. The van der Waals surface area contributed by atoms with E-state index in [1.54, 1.807) is 17.8 Å². The third-order valence-electron chi connectivity index (χ3n) is 20.7. The first-order chi connectivity index (χ1) is 51.8. The van der Waals surface area contributed by atoms with E-state index in [1.165, 1.54) is 77.7 Å². The quantitative estimate of drug-likeness (QED) is 0.106. The van der Waals surface area contributed by atoms with Crippen LogP contribution in [0.2, 0.25) is 0 Å². The molecular weight excluding hydrogens is 1580 g/mol. The van der Waals surface area contributed by atoms with Crippen molar-refractivity contribution in [3.8, 4) is 0 Å². The van der Waals surface area contributed by atoms with E-state index in [0.29, 0.717) is 23.3 Å². The van der Waals surface area contributed by atoms with E-state index >= 15 is 0 Å². The number of H-pyrrole nitrogens is 3. The SMILES string of the molecule is CP1(=O)OC[C@@]23CO[C@@H]([C@H](n4cc(F)c(=O)[nH]c4=O)O2)[C@@H]3O1.CP1(=O)OC[C@@]23CO[C@@H]([C@H](n4ccc(=O)[nH]c4=O)O2)[C@@H]3O1.CP1(=O)OC[C@@]23CO[C@@H]([C@H](n4ccc(N)nc4=O)O2)[C@@H]3O1.CP1(=O)OC[C@@]23CO[C@@H]([C@H](n4cnc5c(N)nc(N)nc54)O2)[C@@H]3O1.Cc1cn([C@@H]2O[C@@]34CO[C@@H]2[C@@H]3OP(C)(=O)OC4)c(=O)[nH]c1=O. The lowest BCUT2D eigenvalue weighted by Gasteiger charge is -2.36. The molecule has 21 heterocycles. The summed E-state index contributed by atoms with van der Waals surface area (Å²) in [4.78, 5) is 104. The molecule has 596 valence electrons. The molecule has 0 spiro atoms. The average molecular weight is 1650 g/mol. The van der Waals surface area contributed by atoms with Gasteiger partial charge < -0.3 is 87.2 Å². The van der Waals surface area contributed by atoms with E-state index < -0.39 is 203 Å². The summed E-state index contributed by atoms with van der Waals surface area (Å²) in [6, 6.07) is 2.72. The average Bonchev–Trinajstić information content (AvgIpc) is 1.57. The highest BCUT2D eigenvalue weighted by molar-refractivity contribution is 7.54. The molecule has 5 unspecified atom stereocenters. The van der Waals surface area contributed by atoms with Gasteiger partial charge in [-0.15, -0.1) is 0 Å². The Morgan fingerprint density at radius 2 is 0.800 bits per heavy atom. The van der Waals surface area contributed by atoms with Gasteiger partial charge in [-0.1, -0.05) is 0 Å². The number of nitrogens with two attached hydrogens (primary N) is 3. The van der Waals surface area contributed by atoms with Crippen LogP contribution in [0.4, 0.5) is 22.0 Å².